The smallest absolute Gasteiger partial charge is 0.337 e. The Morgan fingerprint density at radius 2 is 2.10 bits per heavy atom. The molecule has 1 aromatic carbocycles. The summed E-state index contributed by atoms with van der Waals surface area (Å²) in [5, 5.41) is 13.8. The number of aromatic carboxylic acids is 1. The van der Waals surface area contributed by atoms with Crippen LogP contribution < -0.4 is 5.32 Å². The average Bonchev–Trinajstić information content (AvgIpc) is 2.91. The lowest BCUT2D eigenvalue weighted by Crippen LogP contribution is -2.11. The summed E-state index contributed by atoms with van der Waals surface area (Å²) < 4.78 is 0. The van der Waals surface area contributed by atoms with E-state index in [0.29, 0.717) is 5.02 Å². The standard InChI is InChI=1S/C14H10ClNO3S/c15-9-3-5-12(11(8-9)14(18)19)16-13(17)6-4-10-2-1-7-20-10/h1-8H,(H,16,17)(H,18,19)/b6-4+. The van der Waals surface area contributed by atoms with Crippen LogP contribution in [-0.2, 0) is 4.79 Å². The fourth-order valence-electron chi connectivity index (χ4n) is 1.52. The molecule has 2 rings (SSSR count). The van der Waals surface area contributed by atoms with Gasteiger partial charge in [0.25, 0.3) is 0 Å². The first-order chi connectivity index (χ1) is 9.56. The zero-order valence-corrected chi connectivity index (χ0v) is 11.7. The van der Waals surface area contributed by atoms with Crippen molar-refractivity contribution >= 4 is 46.6 Å². The largest absolute Gasteiger partial charge is 0.478 e. The monoisotopic (exact) mass is 307 g/mol. The molecule has 0 saturated heterocycles. The number of anilines is 1. The molecule has 0 aliphatic carbocycles. The van der Waals surface area contributed by atoms with Gasteiger partial charge in [0.2, 0.25) is 5.91 Å². The summed E-state index contributed by atoms with van der Waals surface area (Å²) in [6.07, 6.45) is 3.02. The topological polar surface area (TPSA) is 66.4 Å². The number of carboxylic acid groups (broad SMARTS) is 1. The second-order valence-electron chi connectivity index (χ2n) is 3.83. The molecule has 0 bridgehead atoms. The van der Waals surface area contributed by atoms with Crippen molar-refractivity contribution < 1.29 is 14.7 Å². The minimum Gasteiger partial charge on any atom is -0.478 e. The molecule has 2 N–H and O–H groups in total. The van der Waals surface area contributed by atoms with Gasteiger partial charge in [0, 0.05) is 16.0 Å². The van der Waals surface area contributed by atoms with Crippen LogP contribution in [0, 0.1) is 0 Å². The van der Waals surface area contributed by atoms with Gasteiger partial charge in [-0.25, -0.2) is 4.79 Å². The minimum atomic E-state index is -1.15. The van der Waals surface area contributed by atoms with Gasteiger partial charge in [-0.05, 0) is 35.7 Å². The van der Waals surface area contributed by atoms with Crippen molar-refractivity contribution in [2.24, 2.45) is 0 Å². The van der Waals surface area contributed by atoms with Crippen LogP contribution in [-0.4, -0.2) is 17.0 Å². The van der Waals surface area contributed by atoms with Crippen LogP contribution in [0.2, 0.25) is 5.02 Å². The van der Waals surface area contributed by atoms with E-state index in [-0.39, 0.29) is 11.3 Å². The molecule has 0 atom stereocenters. The van der Waals surface area contributed by atoms with Crippen molar-refractivity contribution in [1.82, 2.24) is 0 Å². The molecule has 1 amide bonds. The van der Waals surface area contributed by atoms with Gasteiger partial charge in [0.1, 0.15) is 0 Å². The van der Waals surface area contributed by atoms with E-state index >= 15 is 0 Å². The number of carbonyl (C=O) groups excluding carboxylic acids is 1. The second-order valence-corrected chi connectivity index (χ2v) is 5.25. The fraction of sp³-hybridized carbons (Fsp3) is 0. The van der Waals surface area contributed by atoms with Gasteiger partial charge in [0.15, 0.2) is 0 Å². The van der Waals surface area contributed by atoms with Crippen molar-refractivity contribution in [2.75, 3.05) is 5.32 Å². The summed E-state index contributed by atoms with van der Waals surface area (Å²) in [5.41, 5.74) is 0.165. The van der Waals surface area contributed by atoms with Gasteiger partial charge in [0.05, 0.1) is 11.3 Å². The molecular weight excluding hydrogens is 298 g/mol. The molecule has 0 aliphatic rings. The van der Waals surface area contributed by atoms with E-state index in [0.717, 1.165) is 4.88 Å². The van der Waals surface area contributed by atoms with Gasteiger partial charge in [-0.3, -0.25) is 4.79 Å². The third-order valence-electron chi connectivity index (χ3n) is 2.41. The molecule has 20 heavy (non-hydrogen) atoms. The van der Waals surface area contributed by atoms with Crippen LogP contribution in [0.25, 0.3) is 6.08 Å². The predicted octanol–water partition coefficient (Wildman–Crippen LogP) is 3.75. The van der Waals surface area contributed by atoms with Gasteiger partial charge in [-0.1, -0.05) is 17.7 Å². The summed E-state index contributed by atoms with van der Waals surface area (Å²) in [7, 11) is 0. The van der Waals surface area contributed by atoms with Crippen LogP contribution in [0.5, 0.6) is 0 Å². The van der Waals surface area contributed by atoms with Gasteiger partial charge in [-0.2, -0.15) is 0 Å². The highest BCUT2D eigenvalue weighted by Crippen LogP contribution is 2.21. The summed E-state index contributed by atoms with van der Waals surface area (Å²) in [5.74, 6) is -1.55. The van der Waals surface area contributed by atoms with Crippen LogP contribution >= 0.6 is 22.9 Å². The Morgan fingerprint density at radius 3 is 2.75 bits per heavy atom. The quantitative estimate of drug-likeness (QED) is 0.845. The fourth-order valence-corrected chi connectivity index (χ4v) is 2.31. The lowest BCUT2D eigenvalue weighted by Gasteiger charge is -2.06. The molecular formula is C14H10ClNO3S. The third-order valence-corrected chi connectivity index (χ3v) is 3.48. The van der Waals surface area contributed by atoms with E-state index in [2.05, 4.69) is 5.32 Å². The first-order valence-corrected chi connectivity index (χ1v) is 6.87. The lowest BCUT2D eigenvalue weighted by molar-refractivity contribution is -0.111. The molecule has 0 radical (unpaired) electrons. The number of thiophene rings is 1. The van der Waals surface area contributed by atoms with Crippen LogP contribution in [0.3, 0.4) is 0 Å². The molecule has 4 nitrogen and oxygen atoms in total. The van der Waals surface area contributed by atoms with E-state index in [9.17, 15) is 9.59 Å². The SMILES string of the molecule is O=C(/C=C/c1cccs1)Nc1ccc(Cl)cc1C(=O)O. The predicted molar refractivity (Wildman–Crippen MR) is 80.4 cm³/mol. The number of hydrogen-bond donors (Lipinski definition) is 2. The maximum absolute atomic E-state index is 11.7. The Bertz CT molecular complexity index is 665. The van der Waals surface area contributed by atoms with Crippen molar-refractivity contribution in [1.29, 1.82) is 0 Å². The number of amides is 1. The summed E-state index contributed by atoms with van der Waals surface area (Å²) in [6.45, 7) is 0. The highest BCUT2D eigenvalue weighted by atomic mass is 35.5. The second kappa shape index (κ2) is 6.36. The Kier molecular flexibility index (Phi) is 4.55. The Balaban J connectivity index is 2.13. The minimum absolute atomic E-state index is 0.0460. The average molecular weight is 308 g/mol. The van der Waals surface area contributed by atoms with E-state index in [4.69, 9.17) is 16.7 Å². The molecule has 2 aromatic rings. The first-order valence-electron chi connectivity index (χ1n) is 5.61. The number of carbonyl (C=O) groups is 2. The summed E-state index contributed by atoms with van der Waals surface area (Å²) >= 11 is 7.24. The zero-order valence-electron chi connectivity index (χ0n) is 10.2. The van der Waals surface area contributed by atoms with Crippen molar-refractivity contribution in [3.8, 4) is 0 Å². The zero-order chi connectivity index (χ0) is 14.5. The number of halogens is 1. The summed E-state index contributed by atoms with van der Waals surface area (Å²) in [6, 6.07) is 8.03. The normalized spacial score (nSPS) is 10.7. The number of carboxylic acids is 1. The van der Waals surface area contributed by atoms with Crippen molar-refractivity contribution in [3.05, 3.63) is 57.3 Å². The van der Waals surface area contributed by atoms with E-state index in [1.165, 1.54) is 35.6 Å². The maximum Gasteiger partial charge on any atom is 0.337 e. The molecule has 0 aliphatic heterocycles. The van der Waals surface area contributed by atoms with Gasteiger partial charge >= 0.3 is 5.97 Å². The summed E-state index contributed by atoms with van der Waals surface area (Å²) in [4.78, 5) is 23.8. The van der Waals surface area contributed by atoms with Crippen LogP contribution in [0.1, 0.15) is 15.2 Å². The number of benzene rings is 1. The third kappa shape index (κ3) is 3.69. The molecule has 0 unspecified atom stereocenters. The van der Waals surface area contributed by atoms with E-state index in [1.807, 2.05) is 17.5 Å². The maximum atomic E-state index is 11.7. The molecule has 0 saturated carbocycles. The molecule has 0 spiro atoms. The van der Waals surface area contributed by atoms with E-state index in [1.54, 1.807) is 6.08 Å². The molecule has 6 heteroatoms. The van der Waals surface area contributed by atoms with Crippen molar-refractivity contribution in [2.45, 2.75) is 0 Å². The Hall–Kier alpha value is -2.11. The molecule has 1 heterocycles. The lowest BCUT2D eigenvalue weighted by atomic mass is 10.2. The molecule has 1 aromatic heterocycles. The van der Waals surface area contributed by atoms with Gasteiger partial charge in [-0.15, -0.1) is 11.3 Å². The molecule has 0 fully saturated rings. The van der Waals surface area contributed by atoms with Crippen molar-refractivity contribution in [3.63, 3.8) is 0 Å². The molecule has 102 valence electrons. The highest BCUT2D eigenvalue weighted by molar-refractivity contribution is 7.10. The Labute approximate surface area is 124 Å². The van der Waals surface area contributed by atoms with Crippen LogP contribution in [0.4, 0.5) is 5.69 Å². The van der Waals surface area contributed by atoms with Gasteiger partial charge < -0.3 is 10.4 Å². The number of rotatable bonds is 4. The first kappa shape index (κ1) is 14.3. The van der Waals surface area contributed by atoms with Crippen LogP contribution in [0.15, 0.2) is 41.8 Å². The van der Waals surface area contributed by atoms with E-state index < -0.39 is 11.9 Å². The highest BCUT2D eigenvalue weighted by Gasteiger charge is 2.12. The Morgan fingerprint density at radius 1 is 1.30 bits per heavy atom. The number of hydrogen-bond acceptors (Lipinski definition) is 3. The number of nitrogens with one attached hydrogen (secondary N) is 1.